The predicted molar refractivity (Wildman–Crippen MR) is 119 cm³/mol. The highest BCUT2D eigenvalue weighted by Gasteiger charge is 2.09. The summed E-state index contributed by atoms with van der Waals surface area (Å²) in [6.07, 6.45) is 6.80. The van der Waals surface area contributed by atoms with E-state index in [1.807, 2.05) is 17.5 Å². The zero-order valence-corrected chi connectivity index (χ0v) is 17.7. The molecule has 0 saturated heterocycles. The minimum atomic E-state index is 0.528. The molecule has 6 nitrogen and oxygen atoms in total. The molecular formula is C23H25N5OS. The summed E-state index contributed by atoms with van der Waals surface area (Å²) >= 11 is 1.62. The lowest BCUT2D eigenvalue weighted by Crippen LogP contribution is -2.14. The SMILES string of the molecule is N#CCCn1cc(CNCCCCCc2nc(-c3cccs3)no2)c2ccccc21. The van der Waals surface area contributed by atoms with Crippen molar-refractivity contribution in [1.82, 2.24) is 20.0 Å². The van der Waals surface area contributed by atoms with E-state index >= 15 is 0 Å². The van der Waals surface area contributed by atoms with E-state index in [1.165, 1.54) is 16.5 Å². The number of hydrogen-bond acceptors (Lipinski definition) is 6. The minimum Gasteiger partial charge on any atom is -0.346 e. The van der Waals surface area contributed by atoms with Crippen LogP contribution in [0.3, 0.4) is 0 Å². The number of hydrogen-bond donors (Lipinski definition) is 1. The first-order valence-electron chi connectivity index (χ1n) is 10.4. The van der Waals surface area contributed by atoms with Crippen molar-refractivity contribution >= 4 is 22.2 Å². The molecule has 0 spiro atoms. The molecule has 0 radical (unpaired) electrons. The third-order valence-electron chi connectivity index (χ3n) is 5.10. The number of nitriles is 1. The van der Waals surface area contributed by atoms with Crippen LogP contribution in [0.5, 0.6) is 0 Å². The Labute approximate surface area is 180 Å². The topological polar surface area (TPSA) is 79.7 Å². The molecule has 0 amide bonds. The molecule has 0 aliphatic rings. The first-order chi connectivity index (χ1) is 14.8. The lowest BCUT2D eigenvalue weighted by atomic mass is 10.1. The van der Waals surface area contributed by atoms with Crippen LogP contribution in [0.25, 0.3) is 21.6 Å². The molecular weight excluding hydrogens is 394 g/mol. The molecule has 1 aromatic carbocycles. The van der Waals surface area contributed by atoms with Crippen molar-refractivity contribution in [1.29, 1.82) is 5.26 Å². The first kappa shape index (κ1) is 20.3. The van der Waals surface area contributed by atoms with Crippen LogP contribution in [0.2, 0.25) is 0 Å². The van der Waals surface area contributed by atoms with Crippen LogP contribution in [-0.2, 0) is 19.5 Å². The van der Waals surface area contributed by atoms with Crippen molar-refractivity contribution in [2.24, 2.45) is 0 Å². The molecule has 0 saturated carbocycles. The zero-order valence-electron chi connectivity index (χ0n) is 16.9. The molecule has 4 rings (SSSR count). The van der Waals surface area contributed by atoms with Crippen LogP contribution < -0.4 is 5.32 Å². The lowest BCUT2D eigenvalue weighted by Gasteiger charge is -2.03. The quantitative estimate of drug-likeness (QED) is 0.339. The van der Waals surface area contributed by atoms with Crippen molar-refractivity contribution in [3.8, 4) is 16.8 Å². The standard InChI is InChI=1S/C23H25N5OS/c24-12-7-14-28-17-18(19-8-3-4-9-20(19)28)16-25-13-5-1-2-11-22-26-23(27-29-22)21-10-6-15-30-21/h3-4,6,8-10,15,17,25H,1-2,5,7,11,13-14,16H2. The fraction of sp³-hybridized carbons (Fsp3) is 0.348. The molecule has 0 bridgehead atoms. The van der Waals surface area contributed by atoms with Crippen molar-refractivity contribution in [3.05, 3.63) is 59.4 Å². The number of para-hydroxylation sites is 1. The van der Waals surface area contributed by atoms with Crippen molar-refractivity contribution in [2.45, 2.75) is 45.2 Å². The van der Waals surface area contributed by atoms with Gasteiger partial charge in [-0.3, -0.25) is 0 Å². The van der Waals surface area contributed by atoms with Crippen LogP contribution in [0.4, 0.5) is 0 Å². The second-order valence-corrected chi connectivity index (χ2v) is 8.20. The van der Waals surface area contributed by atoms with Gasteiger partial charge in [-0.15, -0.1) is 11.3 Å². The summed E-state index contributed by atoms with van der Waals surface area (Å²) in [6.45, 7) is 2.55. The number of thiophene rings is 1. The van der Waals surface area contributed by atoms with Gasteiger partial charge in [0.2, 0.25) is 11.7 Å². The maximum absolute atomic E-state index is 8.88. The summed E-state index contributed by atoms with van der Waals surface area (Å²) in [4.78, 5) is 5.52. The smallest absolute Gasteiger partial charge is 0.226 e. The molecule has 0 aliphatic heterocycles. The summed E-state index contributed by atoms with van der Waals surface area (Å²) in [7, 11) is 0. The Morgan fingerprint density at radius 2 is 2.07 bits per heavy atom. The minimum absolute atomic E-state index is 0.528. The normalized spacial score (nSPS) is 11.2. The molecule has 1 N–H and O–H groups in total. The Morgan fingerprint density at radius 1 is 1.13 bits per heavy atom. The average molecular weight is 420 g/mol. The Hall–Kier alpha value is -2.95. The number of rotatable bonds is 11. The van der Waals surface area contributed by atoms with Gasteiger partial charge in [-0.05, 0) is 42.5 Å². The highest BCUT2D eigenvalue weighted by Crippen LogP contribution is 2.22. The second-order valence-electron chi connectivity index (χ2n) is 7.25. The molecule has 0 fully saturated rings. The molecule has 4 aromatic rings. The molecule has 3 heterocycles. The summed E-state index contributed by atoms with van der Waals surface area (Å²) in [5.41, 5.74) is 2.49. The maximum Gasteiger partial charge on any atom is 0.226 e. The highest BCUT2D eigenvalue weighted by molar-refractivity contribution is 7.13. The van der Waals surface area contributed by atoms with Crippen molar-refractivity contribution in [2.75, 3.05) is 6.54 Å². The largest absolute Gasteiger partial charge is 0.346 e. The van der Waals surface area contributed by atoms with Gasteiger partial charge in [0.25, 0.3) is 0 Å². The number of unbranched alkanes of at least 4 members (excludes halogenated alkanes) is 2. The van der Waals surface area contributed by atoms with Gasteiger partial charge < -0.3 is 14.4 Å². The van der Waals surface area contributed by atoms with Gasteiger partial charge in [0.1, 0.15) is 0 Å². The molecule has 0 aliphatic carbocycles. The van der Waals surface area contributed by atoms with E-state index in [2.05, 4.69) is 56.6 Å². The summed E-state index contributed by atoms with van der Waals surface area (Å²) in [5.74, 6) is 1.41. The highest BCUT2D eigenvalue weighted by atomic mass is 32.1. The number of nitrogens with zero attached hydrogens (tertiary/aromatic N) is 4. The summed E-state index contributed by atoms with van der Waals surface area (Å²) in [6, 6.07) is 14.6. The molecule has 3 aromatic heterocycles. The molecule has 30 heavy (non-hydrogen) atoms. The monoisotopic (exact) mass is 419 g/mol. The van der Waals surface area contributed by atoms with E-state index in [0.29, 0.717) is 12.2 Å². The number of fused-ring (bicyclic) bond motifs is 1. The number of aromatic nitrogens is 3. The first-order valence-corrected chi connectivity index (χ1v) is 11.2. The van der Waals surface area contributed by atoms with E-state index in [-0.39, 0.29) is 0 Å². The third kappa shape index (κ3) is 4.96. The fourth-order valence-electron chi connectivity index (χ4n) is 3.61. The van der Waals surface area contributed by atoms with Gasteiger partial charge in [0, 0.05) is 36.6 Å². The number of nitrogens with one attached hydrogen (secondary N) is 1. The Bertz CT molecular complexity index is 1110. The summed E-state index contributed by atoms with van der Waals surface area (Å²) < 4.78 is 7.54. The molecule has 0 atom stereocenters. The van der Waals surface area contributed by atoms with Crippen LogP contribution >= 0.6 is 11.3 Å². The number of benzene rings is 1. The Morgan fingerprint density at radius 3 is 2.93 bits per heavy atom. The van der Waals surface area contributed by atoms with E-state index in [9.17, 15) is 0 Å². The average Bonchev–Trinajstić information content (AvgIpc) is 3.52. The van der Waals surface area contributed by atoms with E-state index in [4.69, 9.17) is 9.78 Å². The van der Waals surface area contributed by atoms with Crippen LogP contribution in [0.1, 0.15) is 37.1 Å². The third-order valence-corrected chi connectivity index (χ3v) is 5.97. The summed E-state index contributed by atoms with van der Waals surface area (Å²) in [5, 5.41) is 19.8. The molecule has 0 unspecified atom stereocenters. The maximum atomic E-state index is 8.88. The Kier molecular flexibility index (Phi) is 6.91. The van der Waals surface area contributed by atoms with E-state index < -0.39 is 0 Å². The van der Waals surface area contributed by atoms with Gasteiger partial charge in [0.05, 0.1) is 17.4 Å². The molecule has 154 valence electrons. The van der Waals surface area contributed by atoms with Crippen molar-refractivity contribution < 1.29 is 4.52 Å². The zero-order chi connectivity index (χ0) is 20.6. The van der Waals surface area contributed by atoms with Gasteiger partial charge in [0.15, 0.2) is 0 Å². The van der Waals surface area contributed by atoms with Crippen LogP contribution in [-0.4, -0.2) is 21.3 Å². The Balaban J connectivity index is 1.18. The van der Waals surface area contributed by atoms with Gasteiger partial charge in [-0.25, -0.2) is 0 Å². The van der Waals surface area contributed by atoms with E-state index in [0.717, 1.165) is 56.1 Å². The van der Waals surface area contributed by atoms with E-state index in [1.54, 1.807) is 11.3 Å². The van der Waals surface area contributed by atoms with Gasteiger partial charge in [-0.1, -0.05) is 35.8 Å². The fourth-order valence-corrected chi connectivity index (χ4v) is 4.26. The second kappa shape index (κ2) is 10.2. The lowest BCUT2D eigenvalue weighted by molar-refractivity contribution is 0.374. The van der Waals surface area contributed by atoms with Crippen LogP contribution in [0, 0.1) is 11.3 Å². The van der Waals surface area contributed by atoms with Crippen LogP contribution in [0.15, 0.2) is 52.5 Å². The van der Waals surface area contributed by atoms with Gasteiger partial charge >= 0.3 is 0 Å². The van der Waals surface area contributed by atoms with Gasteiger partial charge in [-0.2, -0.15) is 10.2 Å². The number of aryl methyl sites for hydroxylation is 2. The van der Waals surface area contributed by atoms with Crippen molar-refractivity contribution in [3.63, 3.8) is 0 Å². The predicted octanol–water partition coefficient (Wildman–Crippen LogP) is 5.17. The molecule has 7 heteroatoms.